The third-order valence-corrected chi connectivity index (χ3v) is 6.74. The van der Waals surface area contributed by atoms with Crippen LogP contribution in [0, 0.1) is 5.92 Å². The number of aryl methyl sites for hydroxylation is 1. The minimum atomic E-state index is -0.458. The molecule has 1 aliphatic rings. The van der Waals surface area contributed by atoms with Crippen LogP contribution in [0.1, 0.15) is 12.5 Å². The number of anilines is 2. The summed E-state index contributed by atoms with van der Waals surface area (Å²) in [6, 6.07) is 12.7. The molecule has 1 aliphatic heterocycles. The molecule has 0 N–H and O–H groups in total. The smallest absolute Gasteiger partial charge is 0.332 e. The number of fused-ring (bicyclic) bond motifs is 3. The normalized spacial score (nSPS) is 15.6. The molecule has 0 amide bonds. The molecular weight excluding hydrogens is 477 g/mol. The molecule has 3 heterocycles. The minimum absolute atomic E-state index is 0.0348. The van der Waals surface area contributed by atoms with Gasteiger partial charge in [-0.1, -0.05) is 42.3 Å². The first-order chi connectivity index (χ1) is 16.3. The van der Waals surface area contributed by atoms with Gasteiger partial charge in [0.05, 0.1) is 13.7 Å². The zero-order valence-corrected chi connectivity index (χ0v) is 20.5. The molecule has 1 unspecified atom stereocenters. The Morgan fingerprint density at radius 1 is 1.12 bits per heavy atom. The lowest BCUT2D eigenvalue weighted by Crippen LogP contribution is -2.40. The van der Waals surface area contributed by atoms with Crippen LogP contribution in [-0.4, -0.2) is 32.3 Å². The number of rotatable bonds is 4. The Bertz CT molecular complexity index is 1540. The van der Waals surface area contributed by atoms with Crippen molar-refractivity contribution >= 4 is 46.0 Å². The van der Waals surface area contributed by atoms with Gasteiger partial charge in [-0.3, -0.25) is 13.9 Å². The quantitative estimate of drug-likeness (QED) is 0.423. The van der Waals surface area contributed by atoms with Gasteiger partial charge < -0.3 is 14.2 Å². The standard InChI is InChI=1S/C24H23Cl2N5O3/c1-14-11-29(17-5-4-6-18(10-17)34-3)23-27-21-20(30(23)12-14)22(32)31(24(33)28(21)2)13-15-7-8-16(25)9-19(15)26/h4-10,14H,11-13H2,1-3H3. The summed E-state index contributed by atoms with van der Waals surface area (Å²) in [5.41, 5.74) is 1.42. The van der Waals surface area contributed by atoms with Gasteiger partial charge in [-0.05, 0) is 35.7 Å². The third kappa shape index (κ3) is 3.67. The number of benzene rings is 2. The predicted octanol–water partition coefficient (Wildman–Crippen LogP) is 4.05. The van der Waals surface area contributed by atoms with Crippen molar-refractivity contribution in [2.24, 2.45) is 13.0 Å². The number of ether oxygens (including phenoxy) is 1. The summed E-state index contributed by atoms with van der Waals surface area (Å²) >= 11 is 12.3. The SMILES string of the molecule is COc1cccc(N2CC(C)Cn3c2nc2c3c(=O)n(Cc3ccc(Cl)cc3Cl)c(=O)n2C)c1. The maximum absolute atomic E-state index is 13.6. The van der Waals surface area contributed by atoms with E-state index in [9.17, 15) is 9.59 Å². The molecule has 10 heteroatoms. The third-order valence-electron chi connectivity index (χ3n) is 6.15. The maximum atomic E-state index is 13.6. The highest BCUT2D eigenvalue weighted by molar-refractivity contribution is 6.35. The zero-order chi connectivity index (χ0) is 24.1. The van der Waals surface area contributed by atoms with E-state index in [1.54, 1.807) is 32.4 Å². The highest BCUT2D eigenvalue weighted by Crippen LogP contribution is 2.34. The van der Waals surface area contributed by atoms with Crippen LogP contribution in [-0.2, 0) is 20.1 Å². The summed E-state index contributed by atoms with van der Waals surface area (Å²) in [4.78, 5) is 33.6. The topological polar surface area (TPSA) is 74.3 Å². The molecule has 0 spiro atoms. The lowest BCUT2D eigenvalue weighted by molar-refractivity contribution is 0.414. The van der Waals surface area contributed by atoms with E-state index >= 15 is 0 Å². The van der Waals surface area contributed by atoms with Crippen molar-refractivity contribution in [3.8, 4) is 5.75 Å². The van der Waals surface area contributed by atoms with Crippen molar-refractivity contribution in [2.45, 2.75) is 20.0 Å². The van der Waals surface area contributed by atoms with E-state index in [2.05, 4.69) is 11.8 Å². The number of aromatic nitrogens is 4. The molecule has 8 nitrogen and oxygen atoms in total. The van der Waals surface area contributed by atoms with Crippen LogP contribution in [0.5, 0.6) is 5.75 Å². The molecule has 0 saturated heterocycles. The molecule has 2 aromatic heterocycles. The molecule has 176 valence electrons. The van der Waals surface area contributed by atoms with Gasteiger partial charge in [0.2, 0.25) is 5.95 Å². The van der Waals surface area contributed by atoms with Gasteiger partial charge in [-0.25, -0.2) is 4.79 Å². The lowest BCUT2D eigenvalue weighted by atomic mass is 10.1. The van der Waals surface area contributed by atoms with Crippen LogP contribution < -0.4 is 20.9 Å². The Hall–Kier alpha value is -3.23. The van der Waals surface area contributed by atoms with Crippen molar-refractivity contribution in [1.82, 2.24) is 18.7 Å². The molecule has 0 radical (unpaired) electrons. The van der Waals surface area contributed by atoms with Crippen LogP contribution in [0.4, 0.5) is 11.6 Å². The summed E-state index contributed by atoms with van der Waals surface area (Å²) in [5.74, 6) is 1.59. The Kier molecular flexibility index (Phi) is 5.65. The van der Waals surface area contributed by atoms with Gasteiger partial charge in [0.15, 0.2) is 11.2 Å². The lowest BCUT2D eigenvalue weighted by Gasteiger charge is -2.33. The first-order valence-electron chi connectivity index (χ1n) is 10.8. The Morgan fingerprint density at radius 3 is 2.65 bits per heavy atom. The summed E-state index contributed by atoms with van der Waals surface area (Å²) in [7, 11) is 3.25. The molecule has 4 aromatic rings. The van der Waals surface area contributed by atoms with E-state index in [1.165, 1.54) is 9.13 Å². The van der Waals surface area contributed by atoms with E-state index in [1.807, 2.05) is 28.8 Å². The van der Waals surface area contributed by atoms with Gasteiger partial charge in [0.1, 0.15) is 5.75 Å². The fraction of sp³-hybridized carbons (Fsp3) is 0.292. The Labute approximate surface area is 205 Å². The van der Waals surface area contributed by atoms with Crippen molar-refractivity contribution in [3.63, 3.8) is 0 Å². The van der Waals surface area contributed by atoms with Gasteiger partial charge in [0, 0.05) is 41.9 Å². The van der Waals surface area contributed by atoms with E-state index in [0.717, 1.165) is 18.0 Å². The van der Waals surface area contributed by atoms with Crippen molar-refractivity contribution in [1.29, 1.82) is 0 Å². The monoisotopic (exact) mass is 499 g/mol. The predicted molar refractivity (Wildman–Crippen MR) is 134 cm³/mol. The van der Waals surface area contributed by atoms with Crippen molar-refractivity contribution < 1.29 is 4.74 Å². The molecule has 1 atom stereocenters. The summed E-state index contributed by atoms with van der Waals surface area (Å²) in [6.45, 7) is 3.49. The van der Waals surface area contributed by atoms with E-state index < -0.39 is 11.2 Å². The molecule has 0 bridgehead atoms. The van der Waals surface area contributed by atoms with Crippen LogP contribution in [0.25, 0.3) is 11.2 Å². The van der Waals surface area contributed by atoms with Gasteiger partial charge >= 0.3 is 5.69 Å². The van der Waals surface area contributed by atoms with E-state index in [-0.39, 0.29) is 12.5 Å². The number of hydrogen-bond donors (Lipinski definition) is 0. The second kappa shape index (κ2) is 8.52. The molecular formula is C24H23Cl2N5O3. The number of imidazole rings is 1. The number of methoxy groups -OCH3 is 1. The summed E-state index contributed by atoms with van der Waals surface area (Å²) in [5, 5.41) is 0.885. The molecule has 0 aliphatic carbocycles. The van der Waals surface area contributed by atoms with Crippen LogP contribution >= 0.6 is 23.2 Å². The second-order valence-corrected chi connectivity index (χ2v) is 9.42. The zero-order valence-electron chi connectivity index (χ0n) is 19.0. The largest absolute Gasteiger partial charge is 0.497 e. The maximum Gasteiger partial charge on any atom is 0.332 e. The number of nitrogens with zero attached hydrogens (tertiary/aromatic N) is 5. The fourth-order valence-electron chi connectivity index (χ4n) is 4.46. The van der Waals surface area contributed by atoms with Gasteiger partial charge in [-0.15, -0.1) is 0 Å². The Balaban J connectivity index is 1.71. The average Bonchev–Trinajstić information content (AvgIpc) is 3.20. The number of halogens is 2. The molecule has 0 saturated carbocycles. The van der Waals surface area contributed by atoms with Crippen LogP contribution in [0.15, 0.2) is 52.1 Å². The van der Waals surface area contributed by atoms with E-state index in [4.69, 9.17) is 32.9 Å². The van der Waals surface area contributed by atoms with Crippen molar-refractivity contribution in [3.05, 3.63) is 78.9 Å². The van der Waals surface area contributed by atoms with E-state index in [0.29, 0.717) is 39.3 Å². The van der Waals surface area contributed by atoms with Crippen molar-refractivity contribution in [2.75, 3.05) is 18.6 Å². The number of hydrogen-bond acceptors (Lipinski definition) is 5. The highest BCUT2D eigenvalue weighted by atomic mass is 35.5. The summed E-state index contributed by atoms with van der Waals surface area (Å²) < 4.78 is 9.91. The summed E-state index contributed by atoms with van der Waals surface area (Å²) in [6.07, 6.45) is 0. The fourth-order valence-corrected chi connectivity index (χ4v) is 4.93. The first-order valence-corrected chi connectivity index (χ1v) is 11.6. The van der Waals surface area contributed by atoms with Gasteiger partial charge in [0.25, 0.3) is 5.56 Å². The Morgan fingerprint density at radius 2 is 1.91 bits per heavy atom. The average molecular weight is 500 g/mol. The highest BCUT2D eigenvalue weighted by Gasteiger charge is 2.30. The van der Waals surface area contributed by atoms with Crippen LogP contribution in [0.2, 0.25) is 10.0 Å². The molecule has 2 aromatic carbocycles. The van der Waals surface area contributed by atoms with Gasteiger partial charge in [-0.2, -0.15) is 4.98 Å². The molecule has 34 heavy (non-hydrogen) atoms. The first kappa shape index (κ1) is 22.6. The molecule has 0 fully saturated rings. The molecule has 5 rings (SSSR count). The minimum Gasteiger partial charge on any atom is -0.497 e. The second-order valence-electron chi connectivity index (χ2n) is 8.58. The van der Waals surface area contributed by atoms with Crippen LogP contribution in [0.3, 0.4) is 0 Å².